The largest absolute Gasteiger partial charge is 0.456 e. The van der Waals surface area contributed by atoms with Crippen LogP contribution >= 0.6 is 0 Å². The fourth-order valence-electron chi connectivity index (χ4n) is 8.09. The predicted octanol–water partition coefficient (Wildman–Crippen LogP) is 12.5. The summed E-state index contributed by atoms with van der Waals surface area (Å²) < 4.78 is 8.81. The molecule has 0 bridgehead atoms. The van der Waals surface area contributed by atoms with Crippen molar-refractivity contribution < 1.29 is 4.42 Å². The number of para-hydroxylation sites is 3. The van der Waals surface area contributed by atoms with Crippen LogP contribution in [0.3, 0.4) is 0 Å². The standard InChI is InChI=1S/C45H32N2O/c1-45(2)39-17-9-6-14-33(39)34-23-20-30(26-40(34)45)46(32-22-25-38-37-16-8-11-19-43(37)48-44(38)28-32)31-21-24-36-35-15-7-10-18-41(35)47(42(36)27-31)29-12-4-3-5-13-29/h3-28H,1-2H3. The van der Waals surface area contributed by atoms with E-state index in [0.717, 1.165) is 44.7 Å². The molecule has 1 aliphatic carbocycles. The van der Waals surface area contributed by atoms with Crippen molar-refractivity contribution in [3.63, 3.8) is 0 Å². The second kappa shape index (κ2) is 9.97. The maximum atomic E-state index is 6.42. The van der Waals surface area contributed by atoms with Crippen molar-refractivity contribution in [2.24, 2.45) is 0 Å². The first-order valence-corrected chi connectivity index (χ1v) is 16.6. The lowest BCUT2D eigenvalue weighted by Crippen LogP contribution is -2.16. The maximum Gasteiger partial charge on any atom is 0.137 e. The van der Waals surface area contributed by atoms with Crippen LogP contribution in [-0.4, -0.2) is 4.57 Å². The van der Waals surface area contributed by atoms with E-state index in [0.29, 0.717) is 0 Å². The van der Waals surface area contributed by atoms with Crippen LogP contribution in [0.1, 0.15) is 25.0 Å². The van der Waals surface area contributed by atoms with Gasteiger partial charge in [0.05, 0.1) is 11.0 Å². The lowest BCUT2D eigenvalue weighted by molar-refractivity contribution is 0.660. The number of rotatable bonds is 4. The van der Waals surface area contributed by atoms with Crippen LogP contribution < -0.4 is 4.90 Å². The van der Waals surface area contributed by atoms with Crippen LogP contribution in [0.4, 0.5) is 17.1 Å². The zero-order chi connectivity index (χ0) is 32.0. The van der Waals surface area contributed by atoms with Crippen LogP contribution in [0.15, 0.2) is 162 Å². The maximum absolute atomic E-state index is 6.42. The van der Waals surface area contributed by atoms with E-state index in [1.54, 1.807) is 0 Å². The minimum Gasteiger partial charge on any atom is -0.456 e. The minimum absolute atomic E-state index is 0.111. The molecule has 228 valence electrons. The normalized spacial score (nSPS) is 13.4. The Labute approximate surface area is 278 Å². The van der Waals surface area contributed by atoms with Gasteiger partial charge in [-0.3, -0.25) is 0 Å². The molecule has 2 heterocycles. The molecule has 2 aromatic heterocycles. The summed E-state index contributed by atoms with van der Waals surface area (Å²) in [6, 6.07) is 57.0. The molecule has 0 N–H and O–H groups in total. The topological polar surface area (TPSA) is 21.3 Å². The Hall–Kier alpha value is -6.06. The molecule has 0 spiro atoms. The Morgan fingerprint density at radius 2 is 1.06 bits per heavy atom. The van der Waals surface area contributed by atoms with Gasteiger partial charge in [-0.2, -0.15) is 0 Å². The van der Waals surface area contributed by atoms with Gasteiger partial charge in [0.2, 0.25) is 0 Å². The van der Waals surface area contributed by atoms with Gasteiger partial charge in [0.15, 0.2) is 0 Å². The van der Waals surface area contributed by atoms with Gasteiger partial charge in [0.1, 0.15) is 11.2 Å². The van der Waals surface area contributed by atoms with Gasteiger partial charge in [0.25, 0.3) is 0 Å². The van der Waals surface area contributed by atoms with Crippen molar-refractivity contribution >= 4 is 60.8 Å². The van der Waals surface area contributed by atoms with Gasteiger partial charge >= 0.3 is 0 Å². The molecule has 0 saturated carbocycles. The van der Waals surface area contributed by atoms with Gasteiger partial charge in [-0.05, 0) is 82.9 Å². The number of furan rings is 1. The van der Waals surface area contributed by atoms with Crippen molar-refractivity contribution in [3.8, 4) is 16.8 Å². The third kappa shape index (κ3) is 3.82. The van der Waals surface area contributed by atoms with Crippen molar-refractivity contribution in [1.29, 1.82) is 0 Å². The summed E-state index contributed by atoms with van der Waals surface area (Å²) in [5.41, 5.74) is 13.8. The highest BCUT2D eigenvalue weighted by molar-refractivity contribution is 6.11. The molecule has 0 radical (unpaired) electrons. The summed E-state index contributed by atoms with van der Waals surface area (Å²) in [6.45, 7) is 4.69. The second-order valence-electron chi connectivity index (χ2n) is 13.4. The quantitative estimate of drug-likeness (QED) is 0.196. The Morgan fingerprint density at radius 1 is 0.458 bits per heavy atom. The van der Waals surface area contributed by atoms with Gasteiger partial charge in [0, 0.05) is 55.8 Å². The summed E-state index contributed by atoms with van der Waals surface area (Å²) in [6.07, 6.45) is 0. The van der Waals surface area contributed by atoms with E-state index in [1.165, 1.54) is 44.1 Å². The highest BCUT2D eigenvalue weighted by Crippen LogP contribution is 2.51. The van der Waals surface area contributed by atoms with Crippen molar-refractivity contribution in [3.05, 3.63) is 169 Å². The van der Waals surface area contributed by atoms with Crippen LogP contribution in [0.2, 0.25) is 0 Å². The predicted molar refractivity (Wildman–Crippen MR) is 200 cm³/mol. The van der Waals surface area contributed by atoms with Crippen LogP contribution in [0, 0.1) is 0 Å². The molecular formula is C45H32N2O. The van der Waals surface area contributed by atoms with E-state index in [4.69, 9.17) is 4.42 Å². The molecule has 48 heavy (non-hydrogen) atoms. The third-order valence-corrected chi connectivity index (χ3v) is 10.4. The first kappa shape index (κ1) is 27.1. The monoisotopic (exact) mass is 616 g/mol. The molecule has 0 aliphatic heterocycles. The second-order valence-corrected chi connectivity index (χ2v) is 13.4. The van der Waals surface area contributed by atoms with E-state index in [1.807, 2.05) is 12.1 Å². The fraction of sp³-hybridized carbons (Fsp3) is 0.0667. The molecule has 0 saturated heterocycles. The number of aromatic nitrogens is 1. The summed E-state index contributed by atoms with van der Waals surface area (Å²) in [5, 5.41) is 4.74. The average Bonchev–Trinajstić information content (AvgIpc) is 3.74. The Balaban J connectivity index is 1.23. The molecule has 0 unspecified atom stereocenters. The molecule has 9 aromatic rings. The molecule has 3 heteroatoms. The van der Waals surface area contributed by atoms with Gasteiger partial charge < -0.3 is 13.9 Å². The van der Waals surface area contributed by atoms with Crippen LogP contribution in [0.25, 0.3) is 60.6 Å². The smallest absolute Gasteiger partial charge is 0.137 e. The summed E-state index contributed by atoms with van der Waals surface area (Å²) in [4.78, 5) is 2.39. The minimum atomic E-state index is -0.111. The summed E-state index contributed by atoms with van der Waals surface area (Å²) in [5.74, 6) is 0. The number of benzene rings is 7. The van der Waals surface area contributed by atoms with Crippen molar-refractivity contribution in [1.82, 2.24) is 4.57 Å². The lowest BCUT2D eigenvalue weighted by atomic mass is 9.82. The number of anilines is 3. The molecule has 10 rings (SSSR count). The van der Waals surface area contributed by atoms with Gasteiger partial charge in [-0.25, -0.2) is 0 Å². The highest BCUT2D eigenvalue weighted by atomic mass is 16.3. The molecule has 0 atom stereocenters. The van der Waals surface area contributed by atoms with E-state index in [-0.39, 0.29) is 5.41 Å². The summed E-state index contributed by atoms with van der Waals surface area (Å²) >= 11 is 0. The molecule has 0 fully saturated rings. The van der Waals surface area contributed by atoms with E-state index in [2.05, 4.69) is 169 Å². The van der Waals surface area contributed by atoms with Gasteiger partial charge in [-0.15, -0.1) is 0 Å². The fourth-order valence-corrected chi connectivity index (χ4v) is 8.09. The van der Waals surface area contributed by atoms with Crippen molar-refractivity contribution in [2.75, 3.05) is 4.90 Å². The van der Waals surface area contributed by atoms with Gasteiger partial charge in [-0.1, -0.05) is 105 Å². The average molecular weight is 617 g/mol. The number of hydrogen-bond donors (Lipinski definition) is 0. The van der Waals surface area contributed by atoms with E-state index < -0.39 is 0 Å². The molecule has 7 aromatic carbocycles. The molecule has 0 amide bonds. The lowest BCUT2D eigenvalue weighted by Gasteiger charge is -2.28. The van der Waals surface area contributed by atoms with Crippen LogP contribution in [-0.2, 0) is 5.41 Å². The Bertz CT molecular complexity index is 2710. The summed E-state index contributed by atoms with van der Waals surface area (Å²) in [7, 11) is 0. The van der Waals surface area contributed by atoms with Crippen molar-refractivity contribution in [2.45, 2.75) is 19.3 Å². The van der Waals surface area contributed by atoms with Crippen LogP contribution in [0.5, 0.6) is 0 Å². The number of fused-ring (bicyclic) bond motifs is 9. The SMILES string of the molecule is CC1(C)c2ccccc2-c2ccc(N(c3ccc4c(c3)oc3ccccc34)c3ccc4c5ccccc5n(-c5ccccc5)c4c3)cc21. The zero-order valence-electron chi connectivity index (χ0n) is 26.8. The Kier molecular flexibility index (Phi) is 5.63. The highest BCUT2D eigenvalue weighted by Gasteiger charge is 2.35. The number of nitrogens with zero attached hydrogens (tertiary/aromatic N) is 2. The first-order chi connectivity index (χ1) is 23.6. The molecular weight excluding hydrogens is 585 g/mol. The molecule has 3 nitrogen and oxygen atoms in total. The number of hydrogen-bond acceptors (Lipinski definition) is 2. The van der Waals surface area contributed by atoms with E-state index in [9.17, 15) is 0 Å². The zero-order valence-corrected chi connectivity index (χ0v) is 26.8. The van der Waals surface area contributed by atoms with E-state index >= 15 is 0 Å². The third-order valence-electron chi connectivity index (χ3n) is 10.4. The first-order valence-electron chi connectivity index (χ1n) is 16.6. The molecule has 1 aliphatic rings. The Morgan fingerprint density at radius 3 is 1.94 bits per heavy atom.